The van der Waals surface area contributed by atoms with Crippen LogP contribution in [-0.2, 0) is 0 Å². The summed E-state index contributed by atoms with van der Waals surface area (Å²) in [6.45, 7) is 0. The number of nitrogens with zero attached hydrogens (tertiary/aromatic N) is 3. The molecule has 3 rings (SSSR count). The molecule has 136 valence electrons. The molecular formula is C18H13Cl2N5OS. The Balaban J connectivity index is 1.56. The van der Waals surface area contributed by atoms with Crippen LogP contribution >= 0.6 is 34.5 Å². The third-order valence-electron chi connectivity index (χ3n) is 3.28. The number of hydrazone groups is 2. The minimum absolute atomic E-state index is 0.228. The number of benzene rings is 2. The quantitative estimate of drug-likeness (QED) is 0.452. The average Bonchev–Trinajstić information content (AvgIpc) is 3.14. The zero-order chi connectivity index (χ0) is 19.1. The fourth-order valence-electron chi connectivity index (χ4n) is 1.96. The molecule has 0 saturated carbocycles. The molecule has 0 spiro atoms. The Morgan fingerprint density at radius 2 is 1.56 bits per heavy atom. The van der Waals surface area contributed by atoms with Crippen LogP contribution in [0.5, 0.6) is 0 Å². The maximum atomic E-state index is 12.1. The molecule has 0 radical (unpaired) electrons. The van der Waals surface area contributed by atoms with Gasteiger partial charge in [-0.15, -0.1) is 11.3 Å². The molecule has 0 aliphatic carbocycles. The highest BCUT2D eigenvalue weighted by molar-refractivity contribution is 7.13. The summed E-state index contributed by atoms with van der Waals surface area (Å²) in [6, 6.07) is 14.5. The Bertz CT molecular complexity index is 1000. The van der Waals surface area contributed by atoms with Crippen LogP contribution in [0.2, 0.25) is 10.0 Å². The Labute approximate surface area is 169 Å². The van der Waals surface area contributed by atoms with Gasteiger partial charge in [0.05, 0.1) is 12.4 Å². The number of halogens is 2. The fourth-order valence-corrected chi connectivity index (χ4v) is 2.97. The number of nitrogens with one attached hydrogen (secondary N) is 2. The Morgan fingerprint density at radius 1 is 0.963 bits per heavy atom. The molecule has 0 aliphatic rings. The molecule has 0 bridgehead atoms. The maximum Gasteiger partial charge on any atom is 0.290 e. The van der Waals surface area contributed by atoms with Crippen molar-refractivity contribution in [2.24, 2.45) is 10.2 Å². The van der Waals surface area contributed by atoms with E-state index in [2.05, 4.69) is 26.0 Å². The van der Waals surface area contributed by atoms with E-state index in [1.54, 1.807) is 29.8 Å². The SMILES string of the molecule is O=C(N/N=C/c1ccccc1Cl)c1csc(N/N=C/c2ccccc2Cl)n1. The summed E-state index contributed by atoms with van der Waals surface area (Å²) in [4.78, 5) is 16.2. The van der Waals surface area contributed by atoms with Crippen LogP contribution < -0.4 is 10.9 Å². The van der Waals surface area contributed by atoms with E-state index in [1.165, 1.54) is 17.6 Å². The van der Waals surface area contributed by atoms with E-state index in [9.17, 15) is 4.79 Å². The minimum Gasteiger partial charge on any atom is -0.266 e. The molecule has 2 N–H and O–H groups in total. The van der Waals surface area contributed by atoms with E-state index in [1.807, 2.05) is 30.3 Å². The highest BCUT2D eigenvalue weighted by atomic mass is 35.5. The number of hydrogen-bond donors (Lipinski definition) is 2. The molecule has 0 unspecified atom stereocenters. The van der Waals surface area contributed by atoms with Gasteiger partial charge < -0.3 is 0 Å². The van der Waals surface area contributed by atoms with Crippen molar-refractivity contribution in [3.63, 3.8) is 0 Å². The number of aromatic nitrogens is 1. The topological polar surface area (TPSA) is 78.7 Å². The second-order valence-electron chi connectivity index (χ2n) is 5.15. The molecule has 0 saturated heterocycles. The van der Waals surface area contributed by atoms with E-state index < -0.39 is 5.91 Å². The standard InChI is InChI=1S/C18H13Cl2N5OS/c19-14-7-3-1-5-12(14)9-21-24-17(26)16-11-27-18(23-16)25-22-10-13-6-2-4-8-15(13)20/h1-11H,(H,23,25)(H,24,26)/b21-9+,22-10+. The number of amides is 1. The van der Waals surface area contributed by atoms with Gasteiger partial charge in [0.2, 0.25) is 5.13 Å². The van der Waals surface area contributed by atoms with Gasteiger partial charge in [0.15, 0.2) is 0 Å². The lowest BCUT2D eigenvalue weighted by Gasteiger charge is -1.98. The lowest BCUT2D eigenvalue weighted by Crippen LogP contribution is -2.18. The second kappa shape index (κ2) is 9.27. The van der Waals surface area contributed by atoms with Crippen molar-refractivity contribution in [1.29, 1.82) is 0 Å². The van der Waals surface area contributed by atoms with Crippen LogP contribution in [0.25, 0.3) is 0 Å². The van der Waals surface area contributed by atoms with Gasteiger partial charge in [-0.05, 0) is 12.1 Å². The van der Waals surface area contributed by atoms with Crippen LogP contribution in [0.3, 0.4) is 0 Å². The van der Waals surface area contributed by atoms with Gasteiger partial charge in [0.1, 0.15) is 5.69 Å². The Kier molecular flexibility index (Phi) is 6.54. The molecule has 0 fully saturated rings. The molecule has 1 heterocycles. The zero-order valence-electron chi connectivity index (χ0n) is 13.8. The summed E-state index contributed by atoms with van der Waals surface area (Å²) in [6.07, 6.45) is 3.05. The van der Waals surface area contributed by atoms with Gasteiger partial charge in [-0.1, -0.05) is 59.6 Å². The van der Waals surface area contributed by atoms with Crippen LogP contribution in [0, 0.1) is 0 Å². The Hall–Kier alpha value is -2.74. The van der Waals surface area contributed by atoms with Crippen molar-refractivity contribution in [1.82, 2.24) is 10.4 Å². The first-order valence-electron chi connectivity index (χ1n) is 7.70. The highest BCUT2D eigenvalue weighted by Crippen LogP contribution is 2.16. The lowest BCUT2D eigenvalue weighted by molar-refractivity contribution is 0.0951. The summed E-state index contributed by atoms with van der Waals surface area (Å²) >= 11 is 13.3. The van der Waals surface area contributed by atoms with E-state index in [0.717, 1.165) is 5.56 Å². The predicted molar refractivity (Wildman–Crippen MR) is 111 cm³/mol. The van der Waals surface area contributed by atoms with Crippen LogP contribution in [0.15, 0.2) is 64.1 Å². The normalized spacial score (nSPS) is 11.2. The smallest absolute Gasteiger partial charge is 0.266 e. The molecule has 2 aromatic carbocycles. The third kappa shape index (κ3) is 5.37. The summed E-state index contributed by atoms with van der Waals surface area (Å²) in [5, 5.41) is 11.2. The molecule has 9 heteroatoms. The maximum absolute atomic E-state index is 12.1. The summed E-state index contributed by atoms with van der Waals surface area (Å²) in [5.41, 5.74) is 6.88. The van der Waals surface area contributed by atoms with Gasteiger partial charge in [0.25, 0.3) is 5.91 Å². The number of anilines is 1. The van der Waals surface area contributed by atoms with Crippen LogP contribution in [-0.4, -0.2) is 23.3 Å². The van der Waals surface area contributed by atoms with Gasteiger partial charge >= 0.3 is 0 Å². The van der Waals surface area contributed by atoms with Crippen molar-refractivity contribution in [3.05, 3.63) is 80.8 Å². The predicted octanol–water partition coefficient (Wildman–Crippen LogP) is 4.66. The molecular weight excluding hydrogens is 405 g/mol. The number of thiazole rings is 1. The molecule has 27 heavy (non-hydrogen) atoms. The average molecular weight is 418 g/mol. The summed E-state index contributed by atoms with van der Waals surface area (Å²) < 4.78 is 0. The fraction of sp³-hybridized carbons (Fsp3) is 0. The van der Waals surface area contributed by atoms with Crippen molar-refractivity contribution >= 4 is 58.0 Å². The molecule has 1 amide bonds. The minimum atomic E-state index is -0.433. The third-order valence-corrected chi connectivity index (χ3v) is 4.72. The van der Waals surface area contributed by atoms with Gasteiger partial charge in [-0.25, -0.2) is 10.4 Å². The van der Waals surface area contributed by atoms with E-state index >= 15 is 0 Å². The first kappa shape index (κ1) is 19.0. The van der Waals surface area contributed by atoms with Gasteiger partial charge in [-0.2, -0.15) is 10.2 Å². The monoisotopic (exact) mass is 417 g/mol. The number of rotatable bonds is 6. The van der Waals surface area contributed by atoms with E-state index in [-0.39, 0.29) is 5.69 Å². The molecule has 0 atom stereocenters. The Morgan fingerprint density at radius 3 is 2.19 bits per heavy atom. The number of carbonyl (C=O) groups excluding carboxylic acids is 1. The van der Waals surface area contributed by atoms with Crippen molar-refractivity contribution < 1.29 is 4.79 Å². The first-order valence-corrected chi connectivity index (χ1v) is 9.34. The zero-order valence-corrected chi connectivity index (χ0v) is 16.1. The first-order chi connectivity index (χ1) is 13.1. The van der Waals surface area contributed by atoms with Crippen LogP contribution in [0.1, 0.15) is 21.6 Å². The van der Waals surface area contributed by atoms with Crippen molar-refractivity contribution in [2.45, 2.75) is 0 Å². The molecule has 1 aromatic heterocycles. The summed E-state index contributed by atoms with van der Waals surface area (Å²) in [5.74, 6) is -0.433. The second-order valence-corrected chi connectivity index (χ2v) is 6.82. The van der Waals surface area contributed by atoms with Crippen molar-refractivity contribution in [3.8, 4) is 0 Å². The highest BCUT2D eigenvalue weighted by Gasteiger charge is 2.09. The van der Waals surface area contributed by atoms with E-state index in [4.69, 9.17) is 23.2 Å². The number of carbonyl (C=O) groups is 1. The van der Waals surface area contributed by atoms with Gasteiger partial charge in [-0.3, -0.25) is 10.2 Å². The summed E-state index contributed by atoms with van der Waals surface area (Å²) in [7, 11) is 0. The van der Waals surface area contributed by atoms with Gasteiger partial charge in [0, 0.05) is 26.6 Å². The van der Waals surface area contributed by atoms with Crippen molar-refractivity contribution in [2.75, 3.05) is 5.43 Å². The van der Waals surface area contributed by atoms with Crippen LogP contribution in [0.4, 0.5) is 5.13 Å². The lowest BCUT2D eigenvalue weighted by atomic mass is 10.2. The number of hydrogen-bond acceptors (Lipinski definition) is 6. The van der Waals surface area contributed by atoms with E-state index in [0.29, 0.717) is 20.7 Å². The molecule has 3 aromatic rings. The largest absolute Gasteiger partial charge is 0.290 e. The molecule has 6 nitrogen and oxygen atoms in total. The molecule has 0 aliphatic heterocycles.